The van der Waals surface area contributed by atoms with E-state index in [0.717, 1.165) is 103 Å². The summed E-state index contributed by atoms with van der Waals surface area (Å²) in [5, 5.41) is 0. The molecule has 0 aromatic carbocycles. The summed E-state index contributed by atoms with van der Waals surface area (Å²) in [5.41, 5.74) is 0. The summed E-state index contributed by atoms with van der Waals surface area (Å²) in [5.74, 6) is -1.03. The third-order valence-corrected chi connectivity index (χ3v) is 11.9. The van der Waals surface area contributed by atoms with Gasteiger partial charge in [-0.15, -0.1) is 0 Å². The molecule has 0 spiro atoms. The highest BCUT2D eigenvalue weighted by Gasteiger charge is 2.19. The number of rotatable bonds is 51. The molecule has 0 amide bonds. The van der Waals surface area contributed by atoms with Crippen LogP contribution in [-0.4, -0.2) is 37.2 Å². The Hall–Kier alpha value is -4.19. The van der Waals surface area contributed by atoms with Crippen LogP contribution in [0.4, 0.5) is 0 Å². The third-order valence-electron chi connectivity index (χ3n) is 11.9. The van der Waals surface area contributed by atoms with Crippen LogP contribution in [0.3, 0.4) is 0 Å². The Morgan fingerprint density at radius 3 is 0.958 bits per heavy atom. The molecule has 0 bridgehead atoms. The van der Waals surface area contributed by atoms with Gasteiger partial charge in [0.15, 0.2) is 6.10 Å². The van der Waals surface area contributed by atoms with Crippen molar-refractivity contribution in [2.75, 3.05) is 13.2 Å². The number of carbonyl (C=O) groups excluding carboxylic acids is 3. The van der Waals surface area contributed by atoms with E-state index in [1.54, 1.807) is 0 Å². The lowest BCUT2D eigenvalue weighted by atomic mass is 10.1. The average Bonchev–Trinajstić information content (AvgIpc) is 3.37. The molecule has 0 saturated carbocycles. The smallest absolute Gasteiger partial charge is 0.306 e. The second-order valence-corrected chi connectivity index (χ2v) is 18.8. The summed E-state index contributed by atoms with van der Waals surface area (Å²) >= 11 is 0. The van der Waals surface area contributed by atoms with Gasteiger partial charge in [-0.3, -0.25) is 14.4 Å². The zero-order valence-electron chi connectivity index (χ0n) is 45.9. The first-order chi connectivity index (χ1) is 35.0. The Bertz CT molecular complexity index is 1500. The van der Waals surface area contributed by atoms with Crippen LogP contribution in [0.5, 0.6) is 0 Å². The van der Waals surface area contributed by atoms with Crippen LogP contribution in [-0.2, 0) is 28.6 Å². The minimum Gasteiger partial charge on any atom is -0.462 e. The lowest BCUT2D eigenvalue weighted by Gasteiger charge is -2.18. The molecule has 0 N–H and O–H groups in total. The number of carbonyl (C=O) groups is 3. The predicted octanol–water partition coefficient (Wildman–Crippen LogP) is 19.6. The van der Waals surface area contributed by atoms with E-state index in [4.69, 9.17) is 14.2 Å². The summed E-state index contributed by atoms with van der Waals surface area (Å²) in [6.45, 7) is 6.41. The molecule has 402 valence electrons. The molecular formula is C65H106O6. The lowest BCUT2D eigenvalue weighted by Crippen LogP contribution is -2.30. The molecule has 71 heavy (non-hydrogen) atoms. The minimum absolute atomic E-state index is 0.120. The quantitative estimate of drug-likeness (QED) is 0.0261. The summed E-state index contributed by atoms with van der Waals surface area (Å²) in [6, 6.07) is 0. The number of ether oxygens (including phenoxy) is 3. The maximum Gasteiger partial charge on any atom is 0.306 e. The molecule has 0 aliphatic heterocycles. The first kappa shape index (κ1) is 66.8. The molecule has 0 heterocycles. The van der Waals surface area contributed by atoms with Crippen LogP contribution in [0.2, 0.25) is 0 Å². The number of hydrogen-bond donors (Lipinski definition) is 0. The van der Waals surface area contributed by atoms with Crippen molar-refractivity contribution >= 4 is 17.9 Å². The number of allylic oxidation sites excluding steroid dienone is 20. The van der Waals surface area contributed by atoms with Gasteiger partial charge in [-0.1, -0.05) is 232 Å². The zero-order valence-corrected chi connectivity index (χ0v) is 45.9. The summed E-state index contributed by atoms with van der Waals surface area (Å²) < 4.78 is 16.8. The first-order valence-corrected chi connectivity index (χ1v) is 29.0. The fourth-order valence-corrected chi connectivity index (χ4v) is 7.59. The van der Waals surface area contributed by atoms with E-state index >= 15 is 0 Å². The summed E-state index contributed by atoms with van der Waals surface area (Å²) in [6.07, 6.45) is 80.5. The number of esters is 3. The van der Waals surface area contributed by atoms with Crippen molar-refractivity contribution < 1.29 is 28.6 Å². The SMILES string of the molecule is CC/C=C\C/C=C\C/C=C\C/C=C\C/C=C\C/C=C\CCC(=O)O[C@H](COC(=O)CCCCCC/C=C\C/C=C\C/C=C\CCCCC)COC(=O)CCCCCCCCC/C=C\CCCCCCCC. The minimum atomic E-state index is -0.834. The Balaban J connectivity index is 4.57. The standard InChI is InChI=1S/C65H106O6/c1-4-7-10-13-16-19-22-25-28-31-32-35-38-41-44-47-50-53-56-59-65(68)71-62(60-69-63(66)57-54-51-48-45-42-39-36-33-29-26-23-20-17-14-11-8-5-2)61-70-64(67)58-55-52-49-46-43-40-37-34-30-27-24-21-18-15-12-9-6-3/h7,10,16-17,19-20,25-30,32,35-36,39,41,44,50,53,62H,4-6,8-9,11-15,18,21-24,31,33-34,37-38,40,42-43,45-49,51-52,54-61H2,1-3H3/b10-7-,19-16-,20-17-,28-25-,29-26-,30-27-,35-32-,39-36-,44-41-,53-50-/t62-/m1/s1. The summed E-state index contributed by atoms with van der Waals surface area (Å²) in [4.78, 5) is 38.2. The van der Waals surface area contributed by atoms with Gasteiger partial charge in [0.1, 0.15) is 13.2 Å². The van der Waals surface area contributed by atoms with Gasteiger partial charge in [-0.25, -0.2) is 0 Å². The molecule has 6 heteroatoms. The lowest BCUT2D eigenvalue weighted by molar-refractivity contribution is -0.166. The highest BCUT2D eigenvalue weighted by molar-refractivity contribution is 5.71. The predicted molar refractivity (Wildman–Crippen MR) is 306 cm³/mol. The van der Waals surface area contributed by atoms with E-state index in [2.05, 4.69) is 130 Å². The van der Waals surface area contributed by atoms with Crippen LogP contribution in [0.15, 0.2) is 122 Å². The Labute approximate surface area is 437 Å². The number of hydrogen-bond acceptors (Lipinski definition) is 6. The van der Waals surface area contributed by atoms with Crippen molar-refractivity contribution in [1.82, 2.24) is 0 Å². The van der Waals surface area contributed by atoms with Gasteiger partial charge in [0.2, 0.25) is 0 Å². The van der Waals surface area contributed by atoms with Crippen LogP contribution >= 0.6 is 0 Å². The molecule has 0 aromatic heterocycles. The van der Waals surface area contributed by atoms with Crippen LogP contribution in [0.1, 0.15) is 252 Å². The first-order valence-electron chi connectivity index (χ1n) is 29.0. The molecule has 0 saturated heterocycles. The highest BCUT2D eigenvalue weighted by atomic mass is 16.6. The normalized spacial score (nSPS) is 13.0. The fourth-order valence-electron chi connectivity index (χ4n) is 7.59. The molecule has 0 aliphatic carbocycles. The van der Waals surface area contributed by atoms with Gasteiger partial charge in [-0.05, 0) is 122 Å². The molecule has 0 radical (unpaired) electrons. The van der Waals surface area contributed by atoms with Gasteiger partial charge in [-0.2, -0.15) is 0 Å². The van der Waals surface area contributed by atoms with Gasteiger partial charge in [0, 0.05) is 19.3 Å². The van der Waals surface area contributed by atoms with Gasteiger partial charge in [0.05, 0.1) is 0 Å². The molecule has 0 fully saturated rings. The molecule has 1 atom stereocenters. The molecule has 0 unspecified atom stereocenters. The molecule has 0 aliphatic rings. The molecule has 0 aromatic rings. The van der Waals surface area contributed by atoms with Crippen molar-refractivity contribution in [3.63, 3.8) is 0 Å². The topological polar surface area (TPSA) is 78.9 Å². The average molecular weight is 984 g/mol. The third kappa shape index (κ3) is 56.6. The van der Waals surface area contributed by atoms with E-state index in [0.29, 0.717) is 19.3 Å². The van der Waals surface area contributed by atoms with Crippen molar-refractivity contribution in [3.8, 4) is 0 Å². The van der Waals surface area contributed by atoms with Crippen molar-refractivity contribution in [3.05, 3.63) is 122 Å². The van der Waals surface area contributed by atoms with Crippen molar-refractivity contribution in [2.45, 2.75) is 258 Å². The Morgan fingerprint density at radius 1 is 0.296 bits per heavy atom. The maximum atomic E-state index is 12.8. The van der Waals surface area contributed by atoms with Gasteiger partial charge in [0.25, 0.3) is 0 Å². The van der Waals surface area contributed by atoms with Gasteiger partial charge < -0.3 is 14.2 Å². The van der Waals surface area contributed by atoms with E-state index in [9.17, 15) is 14.4 Å². The van der Waals surface area contributed by atoms with Crippen molar-refractivity contribution in [1.29, 1.82) is 0 Å². The molecule has 6 nitrogen and oxygen atoms in total. The Kier molecular flexibility index (Phi) is 54.9. The van der Waals surface area contributed by atoms with E-state index in [-0.39, 0.29) is 31.6 Å². The maximum absolute atomic E-state index is 12.8. The zero-order chi connectivity index (χ0) is 51.4. The highest BCUT2D eigenvalue weighted by Crippen LogP contribution is 2.13. The van der Waals surface area contributed by atoms with E-state index < -0.39 is 12.1 Å². The molecule has 0 rings (SSSR count). The van der Waals surface area contributed by atoms with Gasteiger partial charge >= 0.3 is 17.9 Å². The largest absolute Gasteiger partial charge is 0.462 e. The Morgan fingerprint density at radius 2 is 0.577 bits per heavy atom. The molecular weight excluding hydrogens is 877 g/mol. The summed E-state index contributed by atoms with van der Waals surface area (Å²) in [7, 11) is 0. The monoisotopic (exact) mass is 983 g/mol. The van der Waals surface area contributed by atoms with Crippen molar-refractivity contribution in [2.24, 2.45) is 0 Å². The van der Waals surface area contributed by atoms with E-state index in [1.165, 1.54) is 103 Å². The van der Waals surface area contributed by atoms with Crippen LogP contribution in [0, 0.1) is 0 Å². The fraction of sp³-hybridized carbons (Fsp3) is 0.646. The second kappa shape index (κ2) is 58.4. The van der Waals surface area contributed by atoms with Crippen LogP contribution in [0.25, 0.3) is 0 Å². The van der Waals surface area contributed by atoms with E-state index in [1.807, 2.05) is 12.2 Å². The second-order valence-electron chi connectivity index (χ2n) is 18.8. The number of unbranched alkanes of at least 4 members (excludes halogenated alkanes) is 20. The van der Waals surface area contributed by atoms with Crippen LogP contribution < -0.4 is 0 Å².